The number of hydrogen-bond donors (Lipinski definition) is 1. The number of hydrogen-bond acceptors (Lipinski definition) is 4. The number of anilines is 1. The molecule has 0 heterocycles. The molecule has 0 saturated heterocycles. The molecule has 0 saturated carbocycles. The fourth-order valence-corrected chi connectivity index (χ4v) is 1.89. The van der Waals surface area contributed by atoms with Gasteiger partial charge in [-0.25, -0.2) is 5.43 Å². The highest BCUT2D eigenvalue weighted by Gasteiger charge is 2.05. The van der Waals surface area contributed by atoms with Crippen molar-refractivity contribution >= 4 is 17.8 Å². The molecule has 0 aliphatic rings. The Hall–Kier alpha value is -2.82. The molecule has 0 fully saturated rings. The van der Waals surface area contributed by atoms with E-state index in [1.807, 2.05) is 66.5 Å². The van der Waals surface area contributed by atoms with Gasteiger partial charge in [0.15, 0.2) is 0 Å². The van der Waals surface area contributed by atoms with Gasteiger partial charge in [-0.2, -0.15) is 5.10 Å². The third-order valence-electron chi connectivity index (χ3n) is 3.10. The Bertz CT molecular complexity index is 624. The number of likely N-dealkylation sites (N-methyl/N-ethyl adjacent to an activating group) is 1. The summed E-state index contributed by atoms with van der Waals surface area (Å²) in [6.07, 6.45) is 1.60. The molecule has 2 aromatic rings. The van der Waals surface area contributed by atoms with E-state index in [1.165, 1.54) is 0 Å². The van der Waals surface area contributed by atoms with Gasteiger partial charge in [-0.3, -0.25) is 4.79 Å². The van der Waals surface area contributed by atoms with Crippen molar-refractivity contribution in [3.8, 4) is 5.75 Å². The highest BCUT2D eigenvalue weighted by Crippen LogP contribution is 2.10. The minimum Gasteiger partial charge on any atom is -0.497 e. The van der Waals surface area contributed by atoms with Crippen LogP contribution in [-0.2, 0) is 4.79 Å². The molecular formula is C17H19N3O2. The van der Waals surface area contributed by atoms with Crippen molar-refractivity contribution in [3.05, 3.63) is 60.2 Å². The predicted molar refractivity (Wildman–Crippen MR) is 88.4 cm³/mol. The molecular weight excluding hydrogens is 278 g/mol. The van der Waals surface area contributed by atoms with Crippen molar-refractivity contribution in [1.82, 2.24) is 5.43 Å². The van der Waals surface area contributed by atoms with Crippen molar-refractivity contribution in [3.63, 3.8) is 0 Å². The number of nitrogens with one attached hydrogen (secondary N) is 1. The average molecular weight is 297 g/mol. The molecule has 0 spiro atoms. The molecule has 0 aromatic heterocycles. The van der Waals surface area contributed by atoms with Gasteiger partial charge < -0.3 is 9.64 Å². The first-order valence-corrected chi connectivity index (χ1v) is 6.91. The third kappa shape index (κ3) is 4.63. The maximum Gasteiger partial charge on any atom is 0.259 e. The summed E-state index contributed by atoms with van der Waals surface area (Å²) in [7, 11) is 3.48. The Morgan fingerprint density at radius 2 is 1.86 bits per heavy atom. The third-order valence-corrected chi connectivity index (χ3v) is 3.10. The van der Waals surface area contributed by atoms with E-state index in [1.54, 1.807) is 13.3 Å². The predicted octanol–water partition coefficient (Wildman–Crippen LogP) is 2.28. The first-order chi connectivity index (χ1) is 10.7. The van der Waals surface area contributed by atoms with Gasteiger partial charge in [0, 0.05) is 12.7 Å². The number of benzene rings is 2. The summed E-state index contributed by atoms with van der Waals surface area (Å²) in [6, 6.07) is 17.1. The van der Waals surface area contributed by atoms with E-state index < -0.39 is 0 Å². The lowest BCUT2D eigenvalue weighted by molar-refractivity contribution is -0.119. The van der Waals surface area contributed by atoms with Crippen LogP contribution in [0.3, 0.4) is 0 Å². The van der Waals surface area contributed by atoms with Crippen LogP contribution >= 0.6 is 0 Å². The molecule has 0 bridgehead atoms. The number of hydrazone groups is 1. The second-order valence-corrected chi connectivity index (χ2v) is 4.76. The van der Waals surface area contributed by atoms with Gasteiger partial charge in [0.25, 0.3) is 5.91 Å². The molecule has 0 unspecified atom stereocenters. The highest BCUT2D eigenvalue weighted by molar-refractivity contribution is 5.84. The van der Waals surface area contributed by atoms with E-state index in [9.17, 15) is 4.79 Å². The number of carbonyl (C=O) groups is 1. The summed E-state index contributed by atoms with van der Waals surface area (Å²) in [5, 5.41) is 3.95. The monoisotopic (exact) mass is 297 g/mol. The van der Waals surface area contributed by atoms with Crippen LogP contribution in [0.4, 0.5) is 5.69 Å². The van der Waals surface area contributed by atoms with Crippen LogP contribution in [0, 0.1) is 0 Å². The summed E-state index contributed by atoms with van der Waals surface area (Å²) < 4.78 is 5.08. The van der Waals surface area contributed by atoms with Crippen molar-refractivity contribution in [2.24, 2.45) is 5.10 Å². The number of carbonyl (C=O) groups excluding carboxylic acids is 1. The number of rotatable bonds is 6. The molecule has 0 radical (unpaired) electrons. The summed E-state index contributed by atoms with van der Waals surface area (Å²) >= 11 is 0. The van der Waals surface area contributed by atoms with E-state index in [2.05, 4.69) is 10.5 Å². The zero-order valence-electron chi connectivity index (χ0n) is 12.7. The van der Waals surface area contributed by atoms with Crippen LogP contribution in [0.5, 0.6) is 5.75 Å². The SMILES string of the molecule is COc1ccc(/C=N/NC(=O)CN(C)c2ccccc2)cc1. The Balaban J connectivity index is 1.83. The fourth-order valence-electron chi connectivity index (χ4n) is 1.89. The van der Waals surface area contributed by atoms with Crippen LogP contribution in [0.2, 0.25) is 0 Å². The highest BCUT2D eigenvalue weighted by atomic mass is 16.5. The maximum atomic E-state index is 11.8. The van der Waals surface area contributed by atoms with Crippen LogP contribution in [0.15, 0.2) is 59.7 Å². The summed E-state index contributed by atoms with van der Waals surface area (Å²) in [4.78, 5) is 13.7. The Kier molecular flexibility index (Phi) is 5.54. The lowest BCUT2D eigenvalue weighted by Crippen LogP contribution is -2.32. The van der Waals surface area contributed by atoms with Gasteiger partial charge in [-0.1, -0.05) is 18.2 Å². The van der Waals surface area contributed by atoms with Crippen molar-refractivity contribution in [1.29, 1.82) is 0 Å². The van der Waals surface area contributed by atoms with Gasteiger partial charge in [0.2, 0.25) is 0 Å². The molecule has 2 rings (SSSR count). The van der Waals surface area contributed by atoms with Gasteiger partial charge in [-0.15, -0.1) is 0 Å². The first kappa shape index (κ1) is 15.6. The summed E-state index contributed by atoms with van der Waals surface area (Å²) in [5.74, 6) is 0.613. The van der Waals surface area contributed by atoms with Crippen LogP contribution in [-0.4, -0.2) is 32.8 Å². The second-order valence-electron chi connectivity index (χ2n) is 4.76. The normalized spacial score (nSPS) is 10.5. The van der Waals surface area contributed by atoms with Gasteiger partial charge in [-0.05, 0) is 42.0 Å². The van der Waals surface area contributed by atoms with E-state index >= 15 is 0 Å². The number of ether oxygens (including phenoxy) is 1. The zero-order chi connectivity index (χ0) is 15.8. The standard InChI is InChI=1S/C17H19N3O2/c1-20(15-6-4-3-5-7-15)13-17(21)19-18-12-14-8-10-16(22-2)11-9-14/h3-12H,13H2,1-2H3,(H,19,21)/b18-12+. The Labute approximate surface area is 130 Å². The van der Waals surface area contributed by atoms with Crippen molar-refractivity contribution in [2.45, 2.75) is 0 Å². The van der Waals surface area contributed by atoms with E-state index in [4.69, 9.17) is 4.74 Å². The fraction of sp³-hybridized carbons (Fsp3) is 0.176. The molecule has 1 N–H and O–H groups in total. The quantitative estimate of drug-likeness (QED) is 0.657. The molecule has 0 aliphatic carbocycles. The minimum absolute atomic E-state index is 0.170. The molecule has 114 valence electrons. The van der Waals surface area contributed by atoms with Crippen LogP contribution < -0.4 is 15.1 Å². The summed E-state index contributed by atoms with van der Waals surface area (Å²) in [6.45, 7) is 0.240. The molecule has 22 heavy (non-hydrogen) atoms. The Morgan fingerprint density at radius 3 is 2.50 bits per heavy atom. The van der Waals surface area contributed by atoms with Crippen molar-refractivity contribution < 1.29 is 9.53 Å². The number of para-hydroxylation sites is 1. The van der Waals surface area contributed by atoms with E-state index in [0.717, 1.165) is 17.0 Å². The largest absolute Gasteiger partial charge is 0.497 e. The van der Waals surface area contributed by atoms with Gasteiger partial charge in [0.05, 0.1) is 19.9 Å². The van der Waals surface area contributed by atoms with E-state index in [-0.39, 0.29) is 12.5 Å². The molecule has 5 nitrogen and oxygen atoms in total. The van der Waals surface area contributed by atoms with Crippen LogP contribution in [0.1, 0.15) is 5.56 Å². The molecule has 5 heteroatoms. The van der Waals surface area contributed by atoms with Gasteiger partial charge >= 0.3 is 0 Å². The lowest BCUT2D eigenvalue weighted by atomic mass is 10.2. The Morgan fingerprint density at radius 1 is 1.18 bits per heavy atom. The maximum absolute atomic E-state index is 11.8. The smallest absolute Gasteiger partial charge is 0.259 e. The number of nitrogens with zero attached hydrogens (tertiary/aromatic N) is 2. The summed E-state index contributed by atoms with van der Waals surface area (Å²) in [5.41, 5.74) is 4.39. The van der Waals surface area contributed by atoms with Crippen molar-refractivity contribution in [2.75, 3.05) is 25.6 Å². The zero-order valence-corrected chi connectivity index (χ0v) is 12.7. The topological polar surface area (TPSA) is 53.9 Å². The first-order valence-electron chi connectivity index (χ1n) is 6.91. The lowest BCUT2D eigenvalue weighted by Gasteiger charge is -2.17. The van der Waals surface area contributed by atoms with Gasteiger partial charge in [0.1, 0.15) is 5.75 Å². The number of methoxy groups -OCH3 is 1. The number of amides is 1. The molecule has 0 aliphatic heterocycles. The average Bonchev–Trinajstić information content (AvgIpc) is 2.56. The van der Waals surface area contributed by atoms with Crippen LogP contribution in [0.25, 0.3) is 0 Å². The van der Waals surface area contributed by atoms with E-state index in [0.29, 0.717) is 0 Å². The second kappa shape index (κ2) is 7.83. The molecule has 0 atom stereocenters. The molecule has 2 aromatic carbocycles. The molecule has 1 amide bonds. The minimum atomic E-state index is -0.170.